The van der Waals surface area contributed by atoms with Gasteiger partial charge < -0.3 is 10.1 Å². The Bertz CT molecular complexity index is 861. The van der Waals surface area contributed by atoms with E-state index in [1.165, 1.54) is 57.9 Å². The number of rotatable bonds is 5. The molecule has 0 bridgehead atoms. The highest BCUT2D eigenvalue weighted by molar-refractivity contribution is 9.10. The molecular formula is C24H31BrN2O2. The quantitative estimate of drug-likeness (QED) is 0.598. The number of nitrogens with zero attached hydrogens (tertiary/aromatic N) is 1. The fourth-order valence-electron chi connectivity index (χ4n) is 5.15. The minimum atomic E-state index is -0.0546. The van der Waals surface area contributed by atoms with Crippen LogP contribution in [0, 0.1) is 0 Å². The monoisotopic (exact) mass is 458 g/mol. The molecule has 1 amide bonds. The Morgan fingerprint density at radius 2 is 1.83 bits per heavy atom. The summed E-state index contributed by atoms with van der Waals surface area (Å²) in [5, 5.41) is 5.22. The number of carbonyl (C=O) groups excluding carboxylic acids is 1. The average molecular weight is 459 g/mol. The summed E-state index contributed by atoms with van der Waals surface area (Å²) in [7, 11) is 1.64. The van der Waals surface area contributed by atoms with Crippen molar-refractivity contribution in [2.24, 2.45) is 0 Å². The summed E-state index contributed by atoms with van der Waals surface area (Å²) in [5.41, 5.74) is 0.595. The first-order valence-corrected chi connectivity index (χ1v) is 11.8. The van der Waals surface area contributed by atoms with Crippen molar-refractivity contribution in [3.63, 3.8) is 0 Å². The highest BCUT2D eigenvalue weighted by Gasteiger charge is 2.31. The average Bonchev–Trinajstić information content (AvgIpc) is 3.05. The maximum atomic E-state index is 13.1. The Labute approximate surface area is 182 Å². The minimum absolute atomic E-state index is 0.0546. The van der Waals surface area contributed by atoms with Crippen molar-refractivity contribution in [2.75, 3.05) is 20.2 Å². The maximum absolute atomic E-state index is 13.1. The molecule has 4 rings (SSSR count). The molecule has 0 spiro atoms. The third-order valence-electron chi connectivity index (χ3n) is 6.61. The summed E-state index contributed by atoms with van der Waals surface area (Å²) in [4.78, 5) is 15.8. The second kappa shape index (κ2) is 9.48. The molecule has 1 saturated heterocycles. The number of ether oxygens (including phenoxy) is 1. The number of carbonyl (C=O) groups is 1. The van der Waals surface area contributed by atoms with Crippen molar-refractivity contribution in [2.45, 2.75) is 63.5 Å². The van der Waals surface area contributed by atoms with Crippen LogP contribution in [-0.4, -0.2) is 43.1 Å². The molecular weight excluding hydrogens is 428 g/mol. The lowest BCUT2D eigenvalue weighted by atomic mass is 10.0. The fourth-order valence-corrected chi connectivity index (χ4v) is 5.72. The molecule has 29 heavy (non-hydrogen) atoms. The van der Waals surface area contributed by atoms with Gasteiger partial charge in [0.25, 0.3) is 5.91 Å². The molecule has 2 aromatic rings. The first-order valence-electron chi connectivity index (χ1n) is 11.0. The number of benzene rings is 2. The van der Waals surface area contributed by atoms with Crippen LogP contribution in [0.15, 0.2) is 34.8 Å². The third kappa shape index (κ3) is 4.46. The van der Waals surface area contributed by atoms with E-state index in [9.17, 15) is 4.79 Å². The molecule has 1 aliphatic carbocycles. The zero-order chi connectivity index (χ0) is 20.2. The molecule has 1 aliphatic heterocycles. The third-order valence-corrected chi connectivity index (χ3v) is 7.26. The van der Waals surface area contributed by atoms with Gasteiger partial charge in [0.05, 0.1) is 12.7 Å². The standard InChI is InChI=1S/C24H31BrN2O2/c1-29-23-20-13-7-6-12-19(20)22(25)15-21(23)24(28)26-16-18-11-8-14-27(18)17-9-4-2-3-5-10-17/h6-7,12-13,15,17-18H,2-5,8-11,14,16H2,1H3,(H,26,28)/t18-/m1/s1. The molecule has 2 aliphatic rings. The molecule has 0 unspecified atom stereocenters. The molecule has 1 atom stereocenters. The first-order chi connectivity index (χ1) is 14.2. The lowest BCUT2D eigenvalue weighted by molar-refractivity contribution is 0.0925. The molecule has 0 radical (unpaired) electrons. The summed E-state index contributed by atoms with van der Waals surface area (Å²) < 4.78 is 6.56. The molecule has 4 nitrogen and oxygen atoms in total. The number of methoxy groups -OCH3 is 1. The Hall–Kier alpha value is -1.59. The number of likely N-dealkylation sites (tertiary alicyclic amines) is 1. The van der Waals surface area contributed by atoms with Crippen LogP contribution in [0.4, 0.5) is 0 Å². The van der Waals surface area contributed by atoms with Gasteiger partial charge in [-0.25, -0.2) is 0 Å². The number of halogens is 1. The van der Waals surface area contributed by atoms with Crippen LogP contribution < -0.4 is 10.1 Å². The van der Waals surface area contributed by atoms with Crippen molar-refractivity contribution in [1.29, 1.82) is 0 Å². The molecule has 2 fully saturated rings. The van der Waals surface area contributed by atoms with E-state index < -0.39 is 0 Å². The van der Waals surface area contributed by atoms with E-state index in [1.54, 1.807) is 7.11 Å². The Kier molecular flexibility index (Phi) is 6.76. The minimum Gasteiger partial charge on any atom is -0.495 e. The van der Waals surface area contributed by atoms with E-state index in [-0.39, 0.29) is 5.91 Å². The second-order valence-electron chi connectivity index (χ2n) is 8.37. The number of hydrogen-bond donors (Lipinski definition) is 1. The van der Waals surface area contributed by atoms with Gasteiger partial charge in [0.1, 0.15) is 5.75 Å². The van der Waals surface area contributed by atoms with Crippen LogP contribution in [0.1, 0.15) is 61.7 Å². The van der Waals surface area contributed by atoms with Crippen LogP contribution >= 0.6 is 15.9 Å². The van der Waals surface area contributed by atoms with Crippen LogP contribution in [0.25, 0.3) is 10.8 Å². The summed E-state index contributed by atoms with van der Waals surface area (Å²) in [6, 6.07) is 11.0. The zero-order valence-electron chi connectivity index (χ0n) is 17.3. The maximum Gasteiger partial charge on any atom is 0.255 e. The highest BCUT2D eigenvalue weighted by atomic mass is 79.9. The summed E-state index contributed by atoms with van der Waals surface area (Å²) in [5.74, 6) is 0.592. The first kappa shape index (κ1) is 20.7. The van der Waals surface area contributed by atoms with Gasteiger partial charge in [-0.05, 0) is 43.7 Å². The van der Waals surface area contributed by atoms with Crippen molar-refractivity contribution in [3.8, 4) is 5.75 Å². The van der Waals surface area contributed by atoms with Crippen LogP contribution in [0.5, 0.6) is 5.75 Å². The molecule has 5 heteroatoms. The van der Waals surface area contributed by atoms with Crippen LogP contribution in [-0.2, 0) is 0 Å². The Morgan fingerprint density at radius 1 is 1.10 bits per heavy atom. The number of amides is 1. The molecule has 1 heterocycles. The van der Waals surface area contributed by atoms with Crippen molar-refractivity contribution >= 4 is 32.6 Å². The highest BCUT2D eigenvalue weighted by Crippen LogP contribution is 2.35. The zero-order valence-corrected chi connectivity index (χ0v) is 18.8. The summed E-state index contributed by atoms with van der Waals surface area (Å²) in [6.07, 6.45) is 10.5. The van der Waals surface area contributed by atoms with Gasteiger partial charge in [0.15, 0.2) is 0 Å². The predicted octanol–water partition coefficient (Wildman–Crippen LogP) is 5.53. The normalized spacial score (nSPS) is 21.2. The topological polar surface area (TPSA) is 41.6 Å². The van der Waals surface area contributed by atoms with Gasteiger partial charge in [0.2, 0.25) is 0 Å². The van der Waals surface area contributed by atoms with Gasteiger partial charge in [-0.2, -0.15) is 0 Å². The van der Waals surface area contributed by atoms with E-state index in [0.29, 0.717) is 29.9 Å². The number of fused-ring (bicyclic) bond motifs is 1. The largest absolute Gasteiger partial charge is 0.495 e. The fraction of sp³-hybridized carbons (Fsp3) is 0.542. The van der Waals surface area contributed by atoms with Crippen LogP contribution in [0.3, 0.4) is 0 Å². The van der Waals surface area contributed by atoms with Gasteiger partial charge in [-0.1, -0.05) is 65.9 Å². The summed E-state index contributed by atoms with van der Waals surface area (Å²) >= 11 is 3.62. The second-order valence-corrected chi connectivity index (χ2v) is 9.23. The van der Waals surface area contributed by atoms with Crippen molar-refractivity contribution in [1.82, 2.24) is 10.2 Å². The van der Waals surface area contributed by atoms with Gasteiger partial charge in [-0.3, -0.25) is 9.69 Å². The number of hydrogen-bond acceptors (Lipinski definition) is 3. The van der Waals surface area contributed by atoms with Crippen molar-refractivity contribution < 1.29 is 9.53 Å². The van der Waals surface area contributed by atoms with Crippen molar-refractivity contribution in [3.05, 3.63) is 40.4 Å². The van der Waals surface area contributed by atoms with Gasteiger partial charge in [0, 0.05) is 28.5 Å². The Morgan fingerprint density at radius 3 is 2.55 bits per heavy atom. The van der Waals surface area contributed by atoms with E-state index >= 15 is 0 Å². The van der Waals surface area contributed by atoms with E-state index in [1.807, 2.05) is 30.3 Å². The SMILES string of the molecule is COc1c(C(=O)NC[C@H]2CCCN2C2CCCCCC2)cc(Br)c2ccccc12. The van der Waals surface area contributed by atoms with Gasteiger partial charge in [-0.15, -0.1) is 0 Å². The smallest absolute Gasteiger partial charge is 0.255 e. The lowest BCUT2D eigenvalue weighted by Gasteiger charge is -2.32. The molecule has 156 valence electrons. The predicted molar refractivity (Wildman–Crippen MR) is 122 cm³/mol. The molecule has 1 N–H and O–H groups in total. The molecule has 0 aromatic heterocycles. The lowest BCUT2D eigenvalue weighted by Crippen LogP contribution is -2.45. The Balaban J connectivity index is 1.48. The van der Waals surface area contributed by atoms with E-state index in [4.69, 9.17) is 4.74 Å². The molecule has 1 saturated carbocycles. The van der Waals surface area contributed by atoms with Gasteiger partial charge >= 0.3 is 0 Å². The summed E-state index contributed by atoms with van der Waals surface area (Å²) in [6.45, 7) is 1.89. The van der Waals surface area contributed by atoms with E-state index in [2.05, 4.69) is 26.1 Å². The van der Waals surface area contributed by atoms with Crippen LogP contribution in [0.2, 0.25) is 0 Å². The molecule has 2 aromatic carbocycles. The number of nitrogens with one attached hydrogen (secondary N) is 1. The van der Waals surface area contributed by atoms with E-state index in [0.717, 1.165) is 15.2 Å².